The van der Waals surface area contributed by atoms with Gasteiger partial charge in [-0.25, -0.2) is 26.7 Å². The van der Waals surface area contributed by atoms with Gasteiger partial charge >= 0.3 is 6.03 Å². The van der Waals surface area contributed by atoms with E-state index in [0.29, 0.717) is 11.3 Å². The zero-order valence-corrected chi connectivity index (χ0v) is 18.5. The number of nitrogens with two attached hydrogens (primary N) is 1. The SMILES string of the molecule is CN(C(=O)Nc1ccc(F)c(C(F)F)c1)C1COCc2c1c1cc(F)c(F)cc1c(=O)n2CCN. The lowest BCUT2D eigenvalue weighted by Gasteiger charge is -2.35. The Morgan fingerprint density at radius 2 is 1.86 bits per heavy atom. The van der Waals surface area contributed by atoms with E-state index < -0.39 is 47.1 Å². The normalized spacial score (nSPS) is 15.4. The van der Waals surface area contributed by atoms with Gasteiger partial charge in [0.15, 0.2) is 11.6 Å². The topological polar surface area (TPSA) is 89.6 Å². The minimum Gasteiger partial charge on any atom is -0.373 e. The number of amides is 2. The molecule has 0 saturated carbocycles. The number of halogens is 5. The molecule has 1 atom stereocenters. The highest BCUT2D eigenvalue weighted by molar-refractivity contribution is 5.91. The summed E-state index contributed by atoms with van der Waals surface area (Å²) in [5.74, 6) is -3.48. The molecule has 35 heavy (non-hydrogen) atoms. The molecular weight excluding hydrogens is 475 g/mol. The molecule has 4 rings (SSSR count). The summed E-state index contributed by atoms with van der Waals surface area (Å²) in [7, 11) is 1.39. The van der Waals surface area contributed by atoms with Gasteiger partial charge < -0.3 is 25.3 Å². The number of ether oxygens (including phenoxy) is 1. The predicted octanol–water partition coefficient (Wildman–Crippen LogP) is 4.05. The number of alkyl halides is 2. The van der Waals surface area contributed by atoms with Crippen LogP contribution < -0.4 is 16.6 Å². The van der Waals surface area contributed by atoms with Crippen molar-refractivity contribution in [3.8, 4) is 0 Å². The van der Waals surface area contributed by atoms with Crippen LogP contribution in [0.3, 0.4) is 0 Å². The van der Waals surface area contributed by atoms with Crippen molar-refractivity contribution in [2.45, 2.75) is 25.6 Å². The number of nitrogens with one attached hydrogen (secondary N) is 1. The van der Waals surface area contributed by atoms with Crippen molar-refractivity contribution < 1.29 is 31.5 Å². The minimum atomic E-state index is -3.08. The maximum atomic E-state index is 14.2. The molecule has 0 bridgehead atoms. The van der Waals surface area contributed by atoms with Crippen LogP contribution in [-0.4, -0.2) is 35.7 Å². The van der Waals surface area contributed by atoms with Crippen molar-refractivity contribution in [3.63, 3.8) is 0 Å². The lowest BCUT2D eigenvalue weighted by molar-refractivity contribution is 0.0500. The molecule has 3 aromatic rings. The van der Waals surface area contributed by atoms with Crippen molar-refractivity contribution in [2.75, 3.05) is 25.5 Å². The van der Waals surface area contributed by atoms with E-state index in [2.05, 4.69) is 5.32 Å². The number of nitrogens with zero attached hydrogens (tertiary/aromatic N) is 2. The Labute approximate surface area is 195 Å². The maximum Gasteiger partial charge on any atom is 0.322 e. The highest BCUT2D eigenvalue weighted by Gasteiger charge is 2.33. The molecule has 0 radical (unpaired) electrons. The zero-order chi connectivity index (χ0) is 25.4. The third-order valence-electron chi connectivity index (χ3n) is 5.93. The molecule has 186 valence electrons. The van der Waals surface area contributed by atoms with Crippen molar-refractivity contribution in [3.05, 3.63) is 75.0 Å². The lowest BCUT2D eigenvalue weighted by Crippen LogP contribution is -2.41. The van der Waals surface area contributed by atoms with Crippen LogP contribution in [0.25, 0.3) is 10.8 Å². The van der Waals surface area contributed by atoms with Crippen LogP contribution in [0, 0.1) is 17.5 Å². The number of aromatic nitrogens is 1. The molecule has 0 aliphatic carbocycles. The largest absolute Gasteiger partial charge is 0.373 e. The summed E-state index contributed by atoms with van der Waals surface area (Å²) in [5, 5.41) is 2.45. The van der Waals surface area contributed by atoms with E-state index in [1.807, 2.05) is 0 Å². The van der Waals surface area contributed by atoms with Crippen LogP contribution in [0.4, 0.5) is 32.4 Å². The van der Waals surface area contributed by atoms with Crippen molar-refractivity contribution in [2.24, 2.45) is 5.73 Å². The van der Waals surface area contributed by atoms with Crippen molar-refractivity contribution in [1.29, 1.82) is 0 Å². The average molecular weight is 496 g/mol. The first-order chi connectivity index (χ1) is 16.6. The van der Waals surface area contributed by atoms with Crippen LogP contribution >= 0.6 is 0 Å². The van der Waals surface area contributed by atoms with Gasteiger partial charge in [-0.05, 0) is 35.7 Å². The number of hydrogen-bond acceptors (Lipinski definition) is 4. The number of likely N-dealkylation sites (N-methyl/N-ethyl adjacent to an activating group) is 1. The fourth-order valence-electron chi connectivity index (χ4n) is 4.21. The van der Waals surface area contributed by atoms with E-state index in [0.717, 1.165) is 30.3 Å². The summed E-state index contributed by atoms with van der Waals surface area (Å²) in [5.41, 5.74) is 4.86. The molecule has 0 saturated heterocycles. The van der Waals surface area contributed by atoms with Gasteiger partial charge in [-0.2, -0.15) is 0 Å². The Morgan fingerprint density at radius 1 is 1.17 bits per heavy atom. The summed E-state index contributed by atoms with van der Waals surface area (Å²) in [4.78, 5) is 27.2. The van der Waals surface area contributed by atoms with Crippen LogP contribution in [-0.2, 0) is 17.9 Å². The van der Waals surface area contributed by atoms with E-state index in [9.17, 15) is 31.5 Å². The standard InChI is InChI=1S/C23H21F5N4O3/c1-31(23(34)30-11-2-3-15(24)14(6-11)21(27)28)18-9-35-10-19-20(18)12-7-16(25)17(26)8-13(12)22(33)32(19)5-4-29/h2-3,6-8,18,21H,4-5,9-10,29H2,1H3,(H,30,34). The molecule has 0 fully saturated rings. The number of carbonyl (C=O) groups is 1. The molecular formula is C23H21F5N4O3. The van der Waals surface area contributed by atoms with Crippen molar-refractivity contribution >= 4 is 22.5 Å². The second kappa shape index (κ2) is 9.62. The van der Waals surface area contributed by atoms with Crippen LogP contribution in [0.15, 0.2) is 35.1 Å². The first kappa shape index (κ1) is 24.6. The molecule has 2 aromatic carbocycles. The summed E-state index contributed by atoms with van der Waals surface area (Å²) in [6.07, 6.45) is -3.08. The number of urea groups is 1. The quantitative estimate of drug-likeness (QED) is 0.522. The van der Waals surface area contributed by atoms with E-state index in [4.69, 9.17) is 10.5 Å². The predicted molar refractivity (Wildman–Crippen MR) is 118 cm³/mol. The fourth-order valence-corrected chi connectivity index (χ4v) is 4.21. The van der Waals surface area contributed by atoms with E-state index >= 15 is 0 Å². The van der Waals surface area contributed by atoms with Gasteiger partial charge in [0.1, 0.15) is 5.82 Å². The summed E-state index contributed by atoms with van der Waals surface area (Å²) in [6.45, 7) is 0.0896. The first-order valence-corrected chi connectivity index (χ1v) is 10.6. The Bertz CT molecular complexity index is 1360. The lowest BCUT2D eigenvalue weighted by atomic mass is 9.95. The summed E-state index contributed by atoms with van der Waals surface area (Å²) in [6, 6.07) is 2.85. The van der Waals surface area contributed by atoms with Gasteiger partial charge in [0.05, 0.1) is 35.9 Å². The third kappa shape index (κ3) is 4.46. The maximum absolute atomic E-state index is 14.2. The number of pyridine rings is 1. The summed E-state index contributed by atoms with van der Waals surface area (Å²) >= 11 is 0. The number of hydrogen-bond donors (Lipinski definition) is 2. The minimum absolute atomic E-state index is 0.0266. The number of benzene rings is 2. The third-order valence-corrected chi connectivity index (χ3v) is 5.93. The fraction of sp³-hybridized carbons (Fsp3) is 0.304. The molecule has 1 unspecified atom stereocenters. The Balaban J connectivity index is 1.78. The Kier molecular flexibility index (Phi) is 6.77. The number of anilines is 1. The van der Waals surface area contributed by atoms with Crippen LogP contribution in [0.5, 0.6) is 0 Å². The second-order valence-corrected chi connectivity index (χ2v) is 8.03. The zero-order valence-electron chi connectivity index (χ0n) is 18.5. The molecule has 1 aliphatic heterocycles. The van der Waals surface area contributed by atoms with Crippen LogP contribution in [0.2, 0.25) is 0 Å². The second-order valence-electron chi connectivity index (χ2n) is 8.03. The van der Waals surface area contributed by atoms with E-state index in [1.165, 1.54) is 16.5 Å². The molecule has 1 aromatic heterocycles. The van der Waals surface area contributed by atoms with Crippen molar-refractivity contribution in [1.82, 2.24) is 9.47 Å². The first-order valence-electron chi connectivity index (χ1n) is 10.6. The Morgan fingerprint density at radius 3 is 2.51 bits per heavy atom. The highest BCUT2D eigenvalue weighted by Crippen LogP contribution is 2.35. The van der Waals surface area contributed by atoms with Gasteiger partial charge in [0.2, 0.25) is 0 Å². The van der Waals surface area contributed by atoms with Gasteiger partial charge in [0, 0.05) is 31.4 Å². The van der Waals surface area contributed by atoms with E-state index in [-0.39, 0.29) is 42.8 Å². The molecule has 12 heteroatoms. The van der Waals surface area contributed by atoms with Gasteiger partial charge in [0.25, 0.3) is 12.0 Å². The molecule has 3 N–H and O–H groups in total. The molecule has 1 aliphatic rings. The molecule has 0 spiro atoms. The molecule has 2 amide bonds. The number of fused-ring (bicyclic) bond motifs is 3. The smallest absolute Gasteiger partial charge is 0.322 e. The van der Waals surface area contributed by atoms with Crippen LogP contribution in [0.1, 0.15) is 29.3 Å². The van der Waals surface area contributed by atoms with Gasteiger partial charge in [-0.3, -0.25) is 4.79 Å². The van der Waals surface area contributed by atoms with Gasteiger partial charge in [-0.1, -0.05) is 0 Å². The number of rotatable bonds is 5. The molecule has 2 heterocycles. The highest BCUT2D eigenvalue weighted by atomic mass is 19.3. The molecule has 7 nitrogen and oxygen atoms in total. The monoisotopic (exact) mass is 496 g/mol. The number of carbonyl (C=O) groups excluding carboxylic acids is 1. The van der Waals surface area contributed by atoms with Gasteiger partial charge in [-0.15, -0.1) is 0 Å². The summed E-state index contributed by atoms with van der Waals surface area (Å²) < 4.78 is 74.8. The Hall–Kier alpha value is -3.51. The van der Waals surface area contributed by atoms with E-state index in [1.54, 1.807) is 0 Å². The average Bonchev–Trinajstić information content (AvgIpc) is 2.83.